The lowest BCUT2D eigenvalue weighted by molar-refractivity contribution is -0.158. The highest BCUT2D eigenvalue weighted by atomic mass is 16.5. The van der Waals surface area contributed by atoms with Crippen LogP contribution in [0.3, 0.4) is 0 Å². The van der Waals surface area contributed by atoms with Gasteiger partial charge in [0.1, 0.15) is 11.6 Å². The minimum atomic E-state index is -0.901. The monoisotopic (exact) mass is 474 g/mol. The van der Waals surface area contributed by atoms with Crippen LogP contribution in [0.25, 0.3) is 0 Å². The van der Waals surface area contributed by atoms with Gasteiger partial charge in [0, 0.05) is 24.7 Å². The third kappa shape index (κ3) is 6.61. The van der Waals surface area contributed by atoms with Gasteiger partial charge in [0.15, 0.2) is 11.9 Å². The van der Waals surface area contributed by atoms with E-state index in [0.29, 0.717) is 54.8 Å². The fourth-order valence-electron chi connectivity index (χ4n) is 6.98. The van der Waals surface area contributed by atoms with E-state index in [-0.39, 0.29) is 23.4 Å². The average Bonchev–Trinajstić information content (AvgIpc) is 2.75. The number of rotatable bonds is 11. The van der Waals surface area contributed by atoms with E-state index in [0.717, 1.165) is 38.4 Å². The zero-order chi connectivity index (χ0) is 25.6. The molecule has 0 aromatic heterocycles. The number of hydrogen-bond acceptors (Lipinski definition) is 4. The molecule has 0 saturated heterocycles. The number of ether oxygens (including phenoxy) is 1. The number of hydrogen-bond donors (Lipinski definition) is 0. The summed E-state index contributed by atoms with van der Waals surface area (Å²) < 4.78 is 6.79. The molecule has 0 heterocycles. The molecule has 0 radical (unpaired) electrons. The molecule has 0 bridgehead atoms. The van der Waals surface area contributed by atoms with E-state index < -0.39 is 5.60 Å². The molecule has 2 aliphatic rings. The molecule has 4 heteroatoms. The Morgan fingerprint density at radius 3 is 2.03 bits per heavy atom. The molecule has 1 unspecified atom stereocenters. The highest BCUT2D eigenvalue weighted by Crippen LogP contribution is 2.50. The van der Waals surface area contributed by atoms with Crippen molar-refractivity contribution in [3.63, 3.8) is 0 Å². The largest absolute Gasteiger partial charge is 0.487 e. The Bertz CT molecular complexity index is 736. The fourth-order valence-corrected chi connectivity index (χ4v) is 6.98. The van der Waals surface area contributed by atoms with Crippen molar-refractivity contribution in [2.45, 2.75) is 112 Å². The lowest BCUT2D eigenvalue weighted by Gasteiger charge is -2.50. The van der Waals surface area contributed by atoms with Crippen molar-refractivity contribution in [2.75, 3.05) is 0 Å². The quantitative estimate of drug-likeness (QED) is 0.235. The maximum Gasteiger partial charge on any atom is 0.169 e. The minimum absolute atomic E-state index is 0.0288. The first kappa shape index (κ1) is 28.8. The molecule has 0 amide bonds. The molecule has 2 rings (SSSR count). The van der Waals surface area contributed by atoms with Crippen LogP contribution in [-0.4, -0.2) is 23.5 Å². The van der Waals surface area contributed by atoms with Gasteiger partial charge in [0.25, 0.3) is 0 Å². The van der Waals surface area contributed by atoms with Gasteiger partial charge < -0.3 is 14.3 Å². The zero-order valence-electron chi connectivity index (χ0n) is 23.1. The number of allylic oxidation sites excluding steroid dienone is 1. The Balaban J connectivity index is 2.51. The van der Waals surface area contributed by atoms with Gasteiger partial charge in [-0.3, -0.25) is 4.79 Å². The normalized spacial score (nSPS) is 35.5. The van der Waals surface area contributed by atoms with E-state index in [2.05, 4.69) is 41.5 Å². The summed E-state index contributed by atoms with van der Waals surface area (Å²) in [6.45, 7) is 16.7. The van der Waals surface area contributed by atoms with Crippen molar-refractivity contribution in [2.24, 2.45) is 47.3 Å². The van der Waals surface area contributed by atoms with Gasteiger partial charge in [-0.05, 0) is 93.5 Å². The molecule has 2 aliphatic carbocycles. The first-order valence-electron chi connectivity index (χ1n) is 13.8. The molecular weight excluding hydrogens is 424 g/mol. The van der Waals surface area contributed by atoms with Crippen molar-refractivity contribution in [3.05, 3.63) is 11.8 Å². The minimum Gasteiger partial charge on any atom is -0.487 e. The van der Waals surface area contributed by atoms with Gasteiger partial charge in [-0.15, -0.1) is 0 Å². The van der Waals surface area contributed by atoms with E-state index in [1.807, 2.05) is 6.26 Å². The third-order valence-electron chi connectivity index (χ3n) is 9.06. The number of carbonyl (C=O) groups is 3. The summed E-state index contributed by atoms with van der Waals surface area (Å²) >= 11 is 0. The standard InChI is InChI=1S/C30H50O4/c1-19(2)25-13-9-21(5)26(14-11-23(7)32)27(25)17-34-30(18-31)28(20(3)4)15-10-22(6)29(30)16-12-24(8)33/h17-22,25-26,28-29H,9-16H2,1-8H3/b27-17-/t21-,22-,25+,26+,28+,29+,30?/m1/s1. The Labute approximate surface area is 208 Å². The van der Waals surface area contributed by atoms with Crippen molar-refractivity contribution in [3.8, 4) is 0 Å². The van der Waals surface area contributed by atoms with Crippen LogP contribution in [-0.2, 0) is 19.1 Å². The van der Waals surface area contributed by atoms with Gasteiger partial charge in [-0.1, -0.05) is 41.5 Å². The fraction of sp³-hybridized carbons (Fsp3) is 0.833. The highest BCUT2D eigenvalue weighted by molar-refractivity contribution is 5.76. The summed E-state index contributed by atoms with van der Waals surface area (Å²) in [5.74, 6) is 2.90. The van der Waals surface area contributed by atoms with Gasteiger partial charge in [-0.25, -0.2) is 0 Å². The van der Waals surface area contributed by atoms with Crippen LogP contribution < -0.4 is 0 Å². The lowest BCUT2D eigenvalue weighted by Crippen LogP contribution is -2.55. The maximum atomic E-state index is 13.0. The van der Waals surface area contributed by atoms with Crippen LogP contribution >= 0.6 is 0 Å². The zero-order valence-corrected chi connectivity index (χ0v) is 23.1. The van der Waals surface area contributed by atoms with Crippen molar-refractivity contribution >= 4 is 17.9 Å². The predicted molar refractivity (Wildman–Crippen MR) is 138 cm³/mol. The summed E-state index contributed by atoms with van der Waals surface area (Å²) in [6.07, 6.45) is 9.98. The Morgan fingerprint density at radius 1 is 0.912 bits per heavy atom. The predicted octanol–water partition coefficient (Wildman–Crippen LogP) is 7.20. The molecule has 0 spiro atoms. The van der Waals surface area contributed by atoms with Crippen LogP contribution in [0, 0.1) is 47.3 Å². The van der Waals surface area contributed by atoms with Crippen molar-refractivity contribution < 1.29 is 19.1 Å². The van der Waals surface area contributed by atoms with E-state index in [1.54, 1.807) is 13.8 Å². The molecule has 2 fully saturated rings. The molecule has 194 valence electrons. The van der Waals surface area contributed by atoms with Crippen molar-refractivity contribution in [1.82, 2.24) is 0 Å². The van der Waals surface area contributed by atoms with E-state index in [4.69, 9.17) is 4.74 Å². The summed E-state index contributed by atoms with van der Waals surface area (Å²) in [4.78, 5) is 36.6. The van der Waals surface area contributed by atoms with Gasteiger partial charge in [0.2, 0.25) is 0 Å². The Hall–Kier alpha value is -1.45. The lowest BCUT2D eigenvalue weighted by atomic mass is 9.60. The summed E-state index contributed by atoms with van der Waals surface area (Å²) in [5, 5.41) is 0. The van der Waals surface area contributed by atoms with Crippen LogP contribution in [0.5, 0.6) is 0 Å². The number of carbonyl (C=O) groups excluding carboxylic acids is 3. The van der Waals surface area contributed by atoms with E-state index in [1.165, 1.54) is 5.57 Å². The molecule has 0 aromatic rings. The third-order valence-corrected chi connectivity index (χ3v) is 9.06. The number of Topliss-reactive ketones (excluding diaryl/α,β-unsaturated/α-hetero) is 2. The van der Waals surface area contributed by atoms with Gasteiger partial charge in [0.05, 0.1) is 6.26 Å². The Morgan fingerprint density at radius 2 is 1.50 bits per heavy atom. The second-order valence-electron chi connectivity index (χ2n) is 12.2. The molecular formula is C30H50O4. The summed E-state index contributed by atoms with van der Waals surface area (Å²) in [6, 6.07) is 0. The highest BCUT2D eigenvalue weighted by Gasteiger charge is 2.53. The maximum absolute atomic E-state index is 13.0. The summed E-state index contributed by atoms with van der Waals surface area (Å²) in [5.41, 5.74) is 0.393. The van der Waals surface area contributed by atoms with E-state index in [9.17, 15) is 14.4 Å². The van der Waals surface area contributed by atoms with Crippen LogP contribution in [0.15, 0.2) is 11.8 Å². The first-order chi connectivity index (χ1) is 15.9. The molecule has 2 saturated carbocycles. The SMILES string of the molecule is CC(=O)CC[C@@H]1/C(=C\OC2(C=O)[C@H](C(C)C)CC[C@@H](C)[C@@H]2CCC(C)=O)[C@H](C(C)C)CC[C@H]1C. The molecule has 0 N–H and O–H groups in total. The molecule has 0 aliphatic heterocycles. The van der Waals surface area contributed by atoms with Crippen molar-refractivity contribution in [1.29, 1.82) is 0 Å². The van der Waals surface area contributed by atoms with Gasteiger partial charge in [-0.2, -0.15) is 0 Å². The number of aldehydes is 1. The van der Waals surface area contributed by atoms with Crippen LogP contribution in [0.1, 0.15) is 107 Å². The smallest absolute Gasteiger partial charge is 0.169 e. The van der Waals surface area contributed by atoms with E-state index >= 15 is 0 Å². The average molecular weight is 475 g/mol. The number of ketones is 2. The Kier molecular flexibility index (Phi) is 10.6. The second kappa shape index (κ2) is 12.5. The second-order valence-corrected chi connectivity index (χ2v) is 12.2. The van der Waals surface area contributed by atoms with Crippen LogP contribution in [0.2, 0.25) is 0 Å². The molecule has 7 atom stereocenters. The van der Waals surface area contributed by atoms with Crippen LogP contribution in [0.4, 0.5) is 0 Å². The topological polar surface area (TPSA) is 60.4 Å². The molecule has 0 aromatic carbocycles. The molecule has 4 nitrogen and oxygen atoms in total. The first-order valence-corrected chi connectivity index (χ1v) is 13.8. The van der Waals surface area contributed by atoms with Gasteiger partial charge >= 0.3 is 0 Å². The summed E-state index contributed by atoms with van der Waals surface area (Å²) in [7, 11) is 0. The molecule has 34 heavy (non-hydrogen) atoms.